The van der Waals surface area contributed by atoms with E-state index in [0.29, 0.717) is 0 Å². The van der Waals surface area contributed by atoms with Crippen molar-refractivity contribution in [2.24, 2.45) is 0 Å². The molecule has 0 saturated heterocycles. The summed E-state index contributed by atoms with van der Waals surface area (Å²) in [6.07, 6.45) is 0.182. The van der Waals surface area contributed by atoms with Crippen LogP contribution in [0.25, 0.3) is 0 Å². The summed E-state index contributed by atoms with van der Waals surface area (Å²) in [6.45, 7) is 7.17. The predicted octanol–water partition coefficient (Wildman–Crippen LogP) is 1.01. The van der Waals surface area contributed by atoms with Gasteiger partial charge in [0.05, 0.1) is 12.0 Å². The molecule has 3 nitrogen and oxygen atoms in total. The molecule has 0 bridgehead atoms. The topological polar surface area (TPSA) is 40.5 Å². The van der Waals surface area contributed by atoms with Crippen LogP contribution < -0.4 is 0 Å². The highest BCUT2D eigenvalue weighted by atomic mass is 16.3. The van der Waals surface area contributed by atoms with Crippen LogP contribution in [0.3, 0.4) is 0 Å². The summed E-state index contributed by atoms with van der Waals surface area (Å²) in [5.41, 5.74) is -0.903. The molecule has 0 unspecified atom stereocenters. The van der Waals surface area contributed by atoms with E-state index in [1.165, 1.54) is 0 Å². The quantitative estimate of drug-likeness (QED) is 0.692. The van der Waals surface area contributed by atoms with Gasteiger partial charge in [0, 0.05) is 13.1 Å². The molecule has 0 aromatic carbocycles. The fourth-order valence-electron chi connectivity index (χ4n) is 0.783. The number of hydrogen-bond donors (Lipinski definition) is 1. The molecule has 3 heteroatoms. The average molecular weight is 173 g/mol. The monoisotopic (exact) mass is 173 g/mol. The molecule has 0 aromatic rings. The van der Waals surface area contributed by atoms with Gasteiger partial charge in [0.2, 0.25) is 5.91 Å². The summed E-state index contributed by atoms with van der Waals surface area (Å²) < 4.78 is 0. The van der Waals surface area contributed by atoms with Crippen molar-refractivity contribution < 1.29 is 9.90 Å². The lowest BCUT2D eigenvalue weighted by Crippen LogP contribution is -2.37. The third-order valence-electron chi connectivity index (χ3n) is 1.75. The maximum Gasteiger partial charge on any atom is 0.225 e. The number of amides is 1. The Morgan fingerprint density at radius 3 is 2.17 bits per heavy atom. The summed E-state index contributed by atoms with van der Waals surface area (Å²) in [5, 5.41) is 9.37. The first-order chi connectivity index (χ1) is 5.24. The summed E-state index contributed by atoms with van der Waals surface area (Å²) in [5.74, 6) is -0.0162. The Morgan fingerprint density at radius 1 is 1.50 bits per heavy atom. The van der Waals surface area contributed by atoms with Crippen molar-refractivity contribution in [2.75, 3.05) is 7.05 Å². The number of carbonyl (C=O) groups is 1. The first-order valence-electron chi connectivity index (χ1n) is 4.22. The predicted molar refractivity (Wildman–Crippen MR) is 48.8 cm³/mol. The lowest BCUT2D eigenvalue weighted by Gasteiger charge is -2.25. The summed E-state index contributed by atoms with van der Waals surface area (Å²) in [4.78, 5) is 13.0. The fourth-order valence-corrected chi connectivity index (χ4v) is 0.783. The molecule has 1 N–H and O–H groups in total. The molecule has 1 amide bonds. The molecule has 0 aliphatic rings. The molecule has 0 aliphatic heterocycles. The van der Waals surface area contributed by atoms with Crippen LogP contribution in [0.15, 0.2) is 0 Å². The third-order valence-corrected chi connectivity index (χ3v) is 1.75. The maximum atomic E-state index is 11.4. The van der Waals surface area contributed by atoms with Crippen molar-refractivity contribution in [1.82, 2.24) is 4.90 Å². The zero-order valence-electron chi connectivity index (χ0n) is 8.59. The molecule has 0 aliphatic carbocycles. The molecule has 0 radical (unpaired) electrons. The first-order valence-corrected chi connectivity index (χ1v) is 4.22. The Kier molecular flexibility index (Phi) is 3.71. The Hall–Kier alpha value is -0.570. The van der Waals surface area contributed by atoms with Gasteiger partial charge in [0.25, 0.3) is 0 Å². The van der Waals surface area contributed by atoms with Gasteiger partial charge in [-0.3, -0.25) is 4.79 Å². The summed E-state index contributed by atoms with van der Waals surface area (Å²) in [7, 11) is 1.75. The zero-order chi connectivity index (χ0) is 9.94. The summed E-state index contributed by atoms with van der Waals surface area (Å²) >= 11 is 0. The van der Waals surface area contributed by atoms with E-state index >= 15 is 0 Å². The Bertz CT molecular complexity index is 158. The van der Waals surface area contributed by atoms with Crippen LogP contribution >= 0.6 is 0 Å². The molecular weight excluding hydrogens is 154 g/mol. The largest absolute Gasteiger partial charge is 0.390 e. The number of carbonyl (C=O) groups excluding carboxylic acids is 1. The van der Waals surface area contributed by atoms with Crippen LogP contribution in [0.5, 0.6) is 0 Å². The first kappa shape index (κ1) is 11.4. The fraction of sp³-hybridized carbons (Fsp3) is 0.889. The second-order valence-electron chi connectivity index (χ2n) is 4.09. The molecule has 0 spiro atoms. The van der Waals surface area contributed by atoms with E-state index in [4.69, 9.17) is 0 Å². The molecular formula is C9H19NO2. The highest BCUT2D eigenvalue weighted by Gasteiger charge is 2.21. The minimum atomic E-state index is -0.903. The maximum absolute atomic E-state index is 11.4. The van der Waals surface area contributed by atoms with E-state index in [2.05, 4.69) is 0 Å². The Labute approximate surface area is 74.4 Å². The van der Waals surface area contributed by atoms with Gasteiger partial charge >= 0.3 is 0 Å². The Balaban J connectivity index is 4.05. The van der Waals surface area contributed by atoms with Crippen LogP contribution in [0, 0.1) is 0 Å². The standard InChI is InChI=1S/C9H19NO2/c1-7(2)10(5)8(11)6-9(3,4)12/h7,12H,6H2,1-5H3. The van der Waals surface area contributed by atoms with Gasteiger partial charge in [-0.1, -0.05) is 0 Å². The van der Waals surface area contributed by atoms with Crippen molar-refractivity contribution in [2.45, 2.75) is 45.8 Å². The highest BCUT2D eigenvalue weighted by molar-refractivity contribution is 5.77. The van der Waals surface area contributed by atoms with Crippen LogP contribution in [-0.4, -0.2) is 34.6 Å². The van der Waals surface area contributed by atoms with Crippen molar-refractivity contribution in [3.8, 4) is 0 Å². The molecule has 0 heterocycles. The second kappa shape index (κ2) is 3.90. The van der Waals surface area contributed by atoms with E-state index in [-0.39, 0.29) is 18.4 Å². The smallest absolute Gasteiger partial charge is 0.225 e. The van der Waals surface area contributed by atoms with E-state index < -0.39 is 5.60 Å². The van der Waals surface area contributed by atoms with Gasteiger partial charge in [-0.2, -0.15) is 0 Å². The van der Waals surface area contributed by atoms with Gasteiger partial charge < -0.3 is 10.0 Å². The minimum absolute atomic E-state index is 0.0162. The van der Waals surface area contributed by atoms with Gasteiger partial charge in [-0.15, -0.1) is 0 Å². The molecule has 0 atom stereocenters. The van der Waals surface area contributed by atoms with Gasteiger partial charge in [-0.25, -0.2) is 0 Å². The molecule has 12 heavy (non-hydrogen) atoms. The van der Waals surface area contributed by atoms with E-state index in [1.807, 2.05) is 13.8 Å². The lowest BCUT2D eigenvalue weighted by molar-refractivity contribution is -0.135. The van der Waals surface area contributed by atoms with Crippen molar-refractivity contribution in [1.29, 1.82) is 0 Å². The van der Waals surface area contributed by atoms with Crippen LogP contribution in [0.1, 0.15) is 34.1 Å². The van der Waals surface area contributed by atoms with Crippen molar-refractivity contribution >= 4 is 5.91 Å². The van der Waals surface area contributed by atoms with E-state index in [0.717, 1.165) is 0 Å². The van der Waals surface area contributed by atoms with Gasteiger partial charge in [0.15, 0.2) is 0 Å². The third kappa shape index (κ3) is 4.34. The molecule has 0 aromatic heterocycles. The second-order valence-corrected chi connectivity index (χ2v) is 4.09. The van der Waals surface area contributed by atoms with E-state index in [9.17, 15) is 9.90 Å². The normalized spacial score (nSPS) is 11.9. The van der Waals surface area contributed by atoms with Gasteiger partial charge in [0.1, 0.15) is 0 Å². The van der Waals surface area contributed by atoms with Crippen LogP contribution in [0.2, 0.25) is 0 Å². The minimum Gasteiger partial charge on any atom is -0.390 e. The van der Waals surface area contributed by atoms with Crippen LogP contribution in [-0.2, 0) is 4.79 Å². The van der Waals surface area contributed by atoms with Crippen LogP contribution in [0.4, 0.5) is 0 Å². The number of rotatable bonds is 3. The van der Waals surface area contributed by atoms with Crippen molar-refractivity contribution in [3.63, 3.8) is 0 Å². The number of hydrogen-bond acceptors (Lipinski definition) is 2. The molecule has 0 saturated carbocycles. The Morgan fingerprint density at radius 2 is 1.92 bits per heavy atom. The SMILES string of the molecule is CC(C)N(C)C(=O)CC(C)(C)O. The van der Waals surface area contributed by atoms with Crippen molar-refractivity contribution in [3.05, 3.63) is 0 Å². The lowest BCUT2D eigenvalue weighted by atomic mass is 10.0. The highest BCUT2D eigenvalue weighted by Crippen LogP contribution is 2.10. The molecule has 72 valence electrons. The molecule has 0 fully saturated rings. The number of aliphatic hydroxyl groups is 1. The average Bonchev–Trinajstić information content (AvgIpc) is 1.82. The number of nitrogens with zero attached hydrogens (tertiary/aromatic N) is 1. The zero-order valence-corrected chi connectivity index (χ0v) is 8.59. The molecule has 0 rings (SSSR count). The van der Waals surface area contributed by atoms with Gasteiger partial charge in [-0.05, 0) is 27.7 Å². The van der Waals surface area contributed by atoms with E-state index in [1.54, 1.807) is 25.8 Å². The summed E-state index contributed by atoms with van der Waals surface area (Å²) in [6, 6.07) is 0.194.